The SMILES string of the molecule is CC1c2nnc(-c3nc(C#N)ns3)n2CCN1C(=O)c1ccc(F)cc1. The topological polar surface area (TPSA) is 101 Å². The van der Waals surface area contributed by atoms with Crippen molar-refractivity contribution in [2.24, 2.45) is 0 Å². The highest BCUT2D eigenvalue weighted by Crippen LogP contribution is 2.30. The molecule has 130 valence electrons. The molecule has 0 radical (unpaired) electrons. The third kappa shape index (κ3) is 2.62. The number of hydrogen-bond donors (Lipinski definition) is 0. The predicted octanol–water partition coefficient (Wildman–Crippen LogP) is 2.02. The van der Waals surface area contributed by atoms with Crippen LogP contribution in [-0.4, -0.2) is 41.5 Å². The van der Waals surface area contributed by atoms with Gasteiger partial charge in [0.15, 0.2) is 16.7 Å². The van der Waals surface area contributed by atoms with Gasteiger partial charge >= 0.3 is 0 Å². The highest BCUT2D eigenvalue weighted by Gasteiger charge is 2.32. The van der Waals surface area contributed by atoms with Crippen molar-refractivity contribution in [2.45, 2.75) is 19.5 Å². The first kappa shape index (κ1) is 16.3. The Bertz CT molecular complexity index is 1020. The average Bonchev–Trinajstić information content (AvgIpc) is 3.29. The summed E-state index contributed by atoms with van der Waals surface area (Å²) in [5, 5.41) is 17.8. The van der Waals surface area contributed by atoms with Gasteiger partial charge in [-0.25, -0.2) is 9.37 Å². The van der Waals surface area contributed by atoms with Gasteiger partial charge in [0, 0.05) is 18.7 Å². The van der Waals surface area contributed by atoms with Gasteiger partial charge in [0.1, 0.15) is 11.9 Å². The quantitative estimate of drug-likeness (QED) is 0.685. The summed E-state index contributed by atoms with van der Waals surface area (Å²) in [7, 11) is 0. The molecule has 4 rings (SSSR count). The monoisotopic (exact) mass is 369 g/mol. The van der Waals surface area contributed by atoms with Crippen LogP contribution in [0.5, 0.6) is 0 Å². The lowest BCUT2D eigenvalue weighted by Crippen LogP contribution is -2.41. The van der Waals surface area contributed by atoms with Gasteiger partial charge in [-0.05, 0) is 42.7 Å². The molecule has 1 unspecified atom stereocenters. The number of rotatable bonds is 2. The summed E-state index contributed by atoms with van der Waals surface area (Å²) in [5.41, 5.74) is 0.425. The van der Waals surface area contributed by atoms with Crippen molar-refractivity contribution < 1.29 is 9.18 Å². The normalized spacial score (nSPS) is 16.2. The van der Waals surface area contributed by atoms with E-state index in [1.165, 1.54) is 24.3 Å². The van der Waals surface area contributed by atoms with Gasteiger partial charge < -0.3 is 9.47 Å². The Hall–Kier alpha value is -3.19. The van der Waals surface area contributed by atoms with Gasteiger partial charge in [-0.1, -0.05) is 0 Å². The molecule has 0 fully saturated rings. The molecular weight excluding hydrogens is 357 g/mol. The Morgan fingerprint density at radius 3 is 2.77 bits per heavy atom. The molecule has 0 saturated carbocycles. The predicted molar refractivity (Wildman–Crippen MR) is 89.5 cm³/mol. The van der Waals surface area contributed by atoms with Crippen LogP contribution in [0.1, 0.15) is 35.0 Å². The first-order valence-corrected chi connectivity index (χ1v) is 8.59. The van der Waals surface area contributed by atoms with Crippen molar-refractivity contribution in [3.05, 3.63) is 47.3 Å². The largest absolute Gasteiger partial charge is 0.327 e. The summed E-state index contributed by atoms with van der Waals surface area (Å²) in [5.74, 6) is 0.705. The minimum absolute atomic E-state index is 0.0966. The molecule has 1 atom stereocenters. The standard InChI is InChI=1S/C16H12FN7OS/c1-9-13-20-21-14(15-19-12(8-18)22-26-15)24(13)7-6-23(9)16(25)10-2-4-11(17)5-3-10/h2-5,9H,6-7H2,1H3. The number of aromatic nitrogens is 5. The van der Waals surface area contributed by atoms with Gasteiger partial charge in [0.05, 0.1) is 6.04 Å². The molecule has 0 saturated heterocycles. The fraction of sp³-hybridized carbons (Fsp3) is 0.250. The number of carbonyl (C=O) groups excluding carboxylic acids is 1. The average molecular weight is 369 g/mol. The van der Waals surface area contributed by atoms with E-state index < -0.39 is 0 Å². The first-order valence-electron chi connectivity index (χ1n) is 7.82. The van der Waals surface area contributed by atoms with Crippen molar-refractivity contribution in [1.29, 1.82) is 5.26 Å². The Kier molecular flexibility index (Phi) is 3.93. The minimum atomic E-state index is -0.383. The zero-order valence-electron chi connectivity index (χ0n) is 13.6. The molecule has 3 heterocycles. The van der Waals surface area contributed by atoms with Crippen molar-refractivity contribution in [3.63, 3.8) is 0 Å². The van der Waals surface area contributed by atoms with E-state index >= 15 is 0 Å². The lowest BCUT2D eigenvalue weighted by molar-refractivity contribution is 0.0638. The molecule has 1 aliphatic heterocycles. The zero-order valence-corrected chi connectivity index (χ0v) is 14.4. The number of hydrogen-bond acceptors (Lipinski definition) is 7. The molecule has 2 aromatic heterocycles. The summed E-state index contributed by atoms with van der Waals surface area (Å²) in [4.78, 5) is 18.5. The number of fused-ring (bicyclic) bond motifs is 1. The van der Waals surface area contributed by atoms with Crippen LogP contribution in [0.4, 0.5) is 4.39 Å². The van der Waals surface area contributed by atoms with Crippen molar-refractivity contribution in [2.75, 3.05) is 6.54 Å². The van der Waals surface area contributed by atoms with E-state index in [9.17, 15) is 9.18 Å². The number of benzene rings is 1. The molecule has 1 aliphatic rings. The van der Waals surface area contributed by atoms with Crippen LogP contribution in [0.25, 0.3) is 10.8 Å². The molecule has 3 aromatic rings. The highest BCUT2D eigenvalue weighted by molar-refractivity contribution is 7.09. The lowest BCUT2D eigenvalue weighted by Gasteiger charge is -2.33. The maximum Gasteiger partial charge on any atom is 0.254 e. The van der Waals surface area contributed by atoms with E-state index in [2.05, 4.69) is 19.6 Å². The number of amides is 1. The molecule has 0 N–H and O–H groups in total. The summed E-state index contributed by atoms with van der Waals surface area (Å²) in [6, 6.07) is 7.07. The summed E-state index contributed by atoms with van der Waals surface area (Å²) in [6.07, 6.45) is 0. The third-order valence-corrected chi connectivity index (χ3v) is 4.97. The van der Waals surface area contributed by atoms with E-state index in [1.54, 1.807) is 4.90 Å². The molecule has 1 aromatic carbocycles. The minimum Gasteiger partial charge on any atom is -0.327 e. The Morgan fingerprint density at radius 2 is 2.08 bits per heavy atom. The fourth-order valence-corrected chi connectivity index (χ4v) is 3.55. The van der Waals surface area contributed by atoms with Crippen LogP contribution < -0.4 is 0 Å². The van der Waals surface area contributed by atoms with E-state index in [0.717, 1.165) is 11.5 Å². The molecular formula is C16H12FN7OS. The lowest BCUT2D eigenvalue weighted by atomic mass is 10.1. The molecule has 0 aliphatic carbocycles. The number of nitrogens with zero attached hydrogens (tertiary/aromatic N) is 7. The van der Waals surface area contributed by atoms with Gasteiger partial charge in [0.2, 0.25) is 5.82 Å². The molecule has 26 heavy (non-hydrogen) atoms. The Morgan fingerprint density at radius 1 is 1.31 bits per heavy atom. The maximum absolute atomic E-state index is 13.1. The van der Waals surface area contributed by atoms with Crippen molar-refractivity contribution in [1.82, 2.24) is 29.0 Å². The van der Waals surface area contributed by atoms with E-state index in [-0.39, 0.29) is 23.6 Å². The molecule has 1 amide bonds. The fourth-order valence-electron chi connectivity index (χ4n) is 2.94. The van der Waals surface area contributed by atoms with Crippen LogP contribution >= 0.6 is 11.5 Å². The zero-order chi connectivity index (χ0) is 18.3. The number of carbonyl (C=O) groups is 1. The smallest absolute Gasteiger partial charge is 0.254 e. The van der Waals surface area contributed by atoms with Gasteiger partial charge in [0.25, 0.3) is 5.91 Å². The summed E-state index contributed by atoms with van der Waals surface area (Å²) in [6.45, 7) is 2.82. The second-order valence-corrected chi connectivity index (χ2v) is 6.50. The number of halogens is 1. The molecule has 10 heteroatoms. The van der Waals surface area contributed by atoms with Crippen molar-refractivity contribution >= 4 is 17.4 Å². The second kappa shape index (κ2) is 6.27. The first-order chi connectivity index (χ1) is 12.6. The molecule has 0 spiro atoms. The van der Waals surface area contributed by atoms with E-state index in [4.69, 9.17) is 5.26 Å². The Balaban J connectivity index is 1.63. The molecule has 0 bridgehead atoms. The Labute approximate surface area is 151 Å². The number of nitriles is 1. The summed E-state index contributed by atoms with van der Waals surface area (Å²) < 4.78 is 18.9. The van der Waals surface area contributed by atoms with Crippen LogP contribution in [0.15, 0.2) is 24.3 Å². The highest BCUT2D eigenvalue weighted by atomic mass is 32.1. The van der Waals surface area contributed by atoms with Crippen molar-refractivity contribution in [3.8, 4) is 16.9 Å². The second-order valence-electron chi connectivity index (χ2n) is 5.75. The van der Waals surface area contributed by atoms with E-state index in [0.29, 0.717) is 35.3 Å². The van der Waals surface area contributed by atoms with Crippen LogP contribution in [0.3, 0.4) is 0 Å². The maximum atomic E-state index is 13.1. The van der Waals surface area contributed by atoms with Gasteiger partial charge in [-0.15, -0.1) is 10.2 Å². The molecule has 8 nitrogen and oxygen atoms in total. The van der Waals surface area contributed by atoms with Gasteiger partial charge in [-0.3, -0.25) is 4.79 Å². The van der Waals surface area contributed by atoms with Crippen LogP contribution in [-0.2, 0) is 6.54 Å². The van der Waals surface area contributed by atoms with Crippen LogP contribution in [0, 0.1) is 17.1 Å². The van der Waals surface area contributed by atoms with E-state index in [1.807, 2.05) is 17.6 Å². The van der Waals surface area contributed by atoms with Gasteiger partial charge in [-0.2, -0.15) is 9.64 Å². The third-order valence-electron chi connectivity index (χ3n) is 4.25. The summed E-state index contributed by atoms with van der Waals surface area (Å²) >= 11 is 1.09. The van der Waals surface area contributed by atoms with Crippen LogP contribution in [0.2, 0.25) is 0 Å².